The van der Waals surface area contributed by atoms with Crippen molar-refractivity contribution >= 4 is 5.91 Å². The summed E-state index contributed by atoms with van der Waals surface area (Å²) in [6.07, 6.45) is 4.20. The van der Waals surface area contributed by atoms with Gasteiger partial charge in [-0.3, -0.25) is 4.79 Å². The molecule has 0 aliphatic heterocycles. The van der Waals surface area contributed by atoms with Crippen molar-refractivity contribution < 1.29 is 4.79 Å². The Morgan fingerprint density at radius 3 is 2.73 bits per heavy atom. The molecule has 88 valence electrons. The molecular formula is C11H23N3O. The second-order valence-corrected chi connectivity index (χ2v) is 4.27. The molecule has 1 saturated carbocycles. The van der Waals surface area contributed by atoms with Crippen molar-refractivity contribution in [3.8, 4) is 0 Å². The quantitative estimate of drug-likeness (QED) is 0.566. The van der Waals surface area contributed by atoms with Gasteiger partial charge < -0.3 is 15.5 Å². The van der Waals surface area contributed by atoms with Crippen LogP contribution in [0.15, 0.2) is 0 Å². The van der Waals surface area contributed by atoms with Crippen molar-refractivity contribution in [2.45, 2.75) is 31.7 Å². The Balaban J connectivity index is 1.91. The van der Waals surface area contributed by atoms with Gasteiger partial charge in [-0.25, -0.2) is 0 Å². The Hall–Kier alpha value is -0.610. The van der Waals surface area contributed by atoms with E-state index in [0.29, 0.717) is 6.42 Å². The topological polar surface area (TPSA) is 44.4 Å². The van der Waals surface area contributed by atoms with Crippen LogP contribution < -0.4 is 10.6 Å². The van der Waals surface area contributed by atoms with Crippen LogP contribution >= 0.6 is 0 Å². The summed E-state index contributed by atoms with van der Waals surface area (Å²) in [7, 11) is 4.04. The first-order valence-electron chi connectivity index (χ1n) is 5.85. The summed E-state index contributed by atoms with van der Waals surface area (Å²) in [6, 6.07) is 0.784. The molecule has 15 heavy (non-hydrogen) atoms. The van der Waals surface area contributed by atoms with Crippen LogP contribution in [-0.2, 0) is 4.79 Å². The third kappa shape index (κ3) is 5.74. The van der Waals surface area contributed by atoms with E-state index in [1.54, 1.807) is 0 Å². The van der Waals surface area contributed by atoms with Gasteiger partial charge in [0.15, 0.2) is 0 Å². The molecule has 2 N–H and O–H groups in total. The van der Waals surface area contributed by atoms with Gasteiger partial charge in [0.25, 0.3) is 0 Å². The molecular weight excluding hydrogens is 190 g/mol. The van der Waals surface area contributed by atoms with Crippen molar-refractivity contribution in [3.05, 3.63) is 0 Å². The Kier molecular flexibility index (Phi) is 5.65. The van der Waals surface area contributed by atoms with Crippen molar-refractivity contribution in [3.63, 3.8) is 0 Å². The van der Waals surface area contributed by atoms with E-state index in [1.165, 1.54) is 12.8 Å². The van der Waals surface area contributed by atoms with Crippen LogP contribution in [0.3, 0.4) is 0 Å². The number of nitrogens with one attached hydrogen (secondary N) is 2. The molecule has 0 heterocycles. The summed E-state index contributed by atoms with van der Waals surface area (Å²) in [5.74, 6) is 0.175. The zero-order chi connectivity index (χ0) is 11.1. The van der Waals surface area contributed by atoms with Crippen molar-refractivity contribution in [1.29, 1.82) is 0 Å². The van der Waals surface area contributed by atoms with E-state index in [1.807, 2.05) is 7.05 Å². The highest BCUT2D eigenvalue weighted by molar-refractivity contribution is 5.75. The lowest BCUT2D eigenvalue weighted by atomic mass is 10.3. The number of carbonyl (C=O) groups is 1. The Morgan fingerprint density at radius 2 is 2.13 bits per heavy atom. The largest absolute Gasteiger partial charge is 0.355 e. The number of hydrogen-bond acceptors (Lipinski definition) is 3. The maximum Gasteiger partial charge on any atom is 0.220 e. The molecule has 0 spiro atoms. The number of amides is 1. The number of hydrogen-bond donors (Lipinski definition) is 2. The SMILES string of the molecule is CNCCCC(=O)NCCN(C)C1CC1. The molecule has 1 rings (SSSR count). The fraction of sp³-hybridized carbons (Fsp3) is 0.909. The Morgan fingerprint density at radius 1 is 1.40 bits per heavy atom. The van der Waals surface area contributed by atoms with Gasteiger partial charge in [-0.1, -0.05) is 0 Å². The molecule has 4 heteroatoms. The third-order valence-corrected chi connectivity index (χ3v) is 2.79. The average Bonchev–Trinajstić information content (AvgIpc) is 3.01. The van der Waals surface area contributed by atoms with E-state index in [9.17, 15) is 4.79 Å². The highest BCUT2D eigenvalue weighted by Crippen LogP contribution is 2.24. The Labute approximate surface area is 92.4 Å². The van der Waals surface area contributed by atoms with E-state index >= 15 is 0 Å². The van der Waals surface area contributed by atoms with Crippen LogP contribution in [0.25, 0.3) is 0 Å². The molecule has 0 aromatic carbocycles. The molecule has 0 aromatic heterocycles. The van der Waals surface area contributed by atoms with E-state index in [4.69, 9.17) is 0 Å². The normalized spacial score (nSPS) is 15.7. The van der Waals surface area contributed by atoms with Crippen molar-refractivity contribution in [2.75, 3.05) is 33.7 Å². The van der Waals surface area contributed by atoms with E-state index in [-0.39, 0.29) is 5.91 Å². The zero-order valence-electron chi connectivity index (χ0n) is 9.88. The second-order valence-electron chi connectivity index (χ2n) is 4.27. The first-order valence-corrected chi connectivity index (χ1v) is 5.85. The van der Waals surface area contributed by atoms with Gasteiger partial charge >= 0.3 is 0 Å². The number of nitrogens with zero attached hydrogens (tertiary/aromatic N) is 1. The molecule has 0 aromatic rings. The molecule has 1 aliphatic rings. The van der Waals surface area contributed by atoms with E-state index in [0.717, 1.165) is 32.1 Å². The van der Waals surface area contributed by atoms with Crippen LogP contribution in [0, 0.1) is 0 Å². The number of likely N-dealkylation sites (N-methyl/N-ethyl adjacent to an activating group) is 1. The van der Waals surface area contributed by atoms with E-state index < -0.39 is 0 Å². The minimum Gasteiger partial charge on any atom is -0.355 e. The van der Waals surface area contributed by atoms with Crippen LogP contribution in [0.2, 0.25) is 0 Å². The maximum absolute atomic E-state index is 11.3. The smallest absolute Gasteiger partial charge is 0.220 e. The van der Waals surface area contributed by atoms with E-state index in [2.05, 4.69) is 22.6 Å². The van der Waals surface area contributed by atoms with Crippen LogP contribution in [-0.4, -0.2) is 50.6 Å². The molecule has 1 fully saturated rings. The first kappa shape index (κ1) is 12.5. The van der Waals surface area contributed by atoms with Gasteiger partial charge in [0.2, 0.25) is 5.91 Å². The summed E-state index contributed by atoms with van der Waals surface area (Å²) in [4.78, 5) is 13.7. The summed E-state index contributed by atoms with van der Waals surface area (Å²) < 4.78 is 0. The summed E-state index contributed by atoms with van der Waals surface area (Å²) in [6.45, 7) is 2.67. The van der Waals surface area contributed by atoms with Gasteiger partial charge in [-0.15, -0.1) is 0 Å². The second kappa shape index (κ2) is 6.80. The van der Waals surface area contributed by atoms with Crippen LogP contribution in [0.1, 0.15) is 25.7 Å². The van der Waals surface area contributed by atoms with Gasteiger partial charge in [0, 0.05) is 25.6 Å². The van der Waals surface area contributed by atoms with Crippen molar-refractivity contribution in [1.82, 2.24) is 15.5 Å². The summed E-state index contributed by atoms with van der Waals surface area (Å²) in [5, 5.41) is 5.98. The molecule has 0 radical (unpaired) electrons. The Bertz CT molecular complexity index is 192. The lowest BCUT2D eigenvalue weighted by molar-refractivity contribution is -0.121. The molecule has 0 unspecified atom stereocenters. The zero-order valence-corrected chi connectivity index (χ0v) is 9.88. The highest BCUT2D eigenvalue weighted by Gasteiger charge is 2.25. The van der Waals surface area contributed by atoms with Crippen molar-refractivity contribution in [2.24, 2.45) is 0 Å². The lowest BCUT2D eigenvalue weighted by Gasteiger charge is -2.15. The van der Waals surface area contributed by atoms with Gasteiger partial charge in [0.05, 0.1) is 0 Å². The molecule has 0 saturated heterocycles. The maximum atomic E-state index is 11.3. The summed E-state index contributed by atoms with van der Waals surface area (Å²) >= 11 is 0. The van der Waals surface area contributed by atoms with Gasteiger partial charge in [-0.2, -0.15) is 0 Å². The lowest BCUT2D eigenvalue weighted by Crippen LogP contribution is -2.34. The third-order valence-electron chi connectivity index (χ3n) is 2.79. The fourth-order valence-electron chi connectivity index (χ4n) is 1.58. The molecule has 0 atom stereocenters. The summed E-state index contributed by atoms with van der Waals surface area (Å²) in [5.41, 5.74) is 0. The standard InChI is InChI=1S/C11H23N3O/c1-12-7-3-4-11(15)13-8-9-14(2)10-5-6-10/h10,12H,3-9H2,1-2H3,(H,13,15). The average molecular weight is 213 g/mol. The van der Waals surface area contributed by atoms with Gasteiger partial charge in [-0.05, 0) is 39.9 Å². The number of rotatable bonds is 8. The predicted octanol–water partition coefficient (Wildman–Crippen LogP) is 0.196. The van der Waals surface area contributed by atoms with Crippen LogP contribution in [0.5, 0.6) is 0 Å². The molecule has 1 aliphatic carbocycles. The van der Waals surface area contributed by atoms with Gasteiger partial charge in [0.1, 0.15) is 0 Å². The first-order chi connectivity index (χ1) is 7.24. The minimum absolute atomic E-state index is 0.175. The predicted molar refractivity (Wildman–Crippen MR) is 61.8 cm³/mol. The van der Waals surface area contributed by atoms with Crippen LogP contribution in [0.4, 0.5) is 0 Å². The molecule has 1 amide bonds. The highest BCUT2D eigenvalue weighted by atomic mass is 16.1. The molecule has 0 bridgehead atoms. The minimum atomic E-state index is 0.175. The fourth-order valence-corrected chi connectivity index (χ4v) is 1.58. The molecule has 4 nitrogen and oxygen atoms in total. The number of carbonyl (C=O) groups excluding carboxylic acids is 1. The monoisotopic (exact) mass is 213 g/mol.